The highest BCUT2D eigenvalue weighted by Crippen LogP contribution is 2.46. The normalized spacial score (nSPS) is 16.0. The lowest BCUT2D eigenvalue weighted by molar-refractivity contribution is -0.235. The highest BCUT2D eigenvalue weighted by atomic mass is 17.1. The summed E-state index contributed by atoms with van der Waals surface area (Å²) < 4.78 is 0. The summed E-state index contributed by atoms with van der Waals surface area (Å²) in [6, 6.07) is 13.6. The molecule has 0 aromatic heterocycles. The first-order valence-corrected chi connectivity index (χ1v) is 5.78. The van der Waals surface area contributed by atoms with E-state index in [0.29, 0.717) is 0 Å². The first-order valence-electron chi connectivity index (χ1n) is 5.78. The molecule has 0 bridgehead atoms. The van der Waals surface area contributed by atoms with Crippen molar-refractivity contribution in [3.63, 3.8) is 0 Å². The van der Waals surface area contributed by atoms with Crippen molar-refractivity contribution in [2.75, 3.05) is 0 Å². The number of fused-ring (bicyclic) bond motifs is 3. The summed E-state index contributed by atoms with van der Waals surface area (Å²) in [5, 5.41) is 8.69. The molecule has 0 heterocycles. The molecule has 3 heteroatoms. The van der Waals surface area contributed by atoms with Crippen molar-refractivity contribution in [2.24, 2.45) is 0 Å². The second-order valence-corrected chi connectivity index (χ2v) is 4.47. The molecular formula is C15H12O3. The van der Waals surface area contributed by atoms with Gasteiger partial charge in [-0.15, -0.1) is 0 Å². The van der Waals surface area contributed by atoms with E-state index in [1.165, 1.54) is 0 Å². The van der Waals surface area contributed by atoms with E-state index in [-0.39, 0.29) is 0 Å². The second-order valence-electron chi connectivity index (χ2n) is 4.47. The Hall–Kier alpha value is -2.13. The minimum Gasteiger partial charge on any atom is -0.300 e. The zero-order valence-electron chi connectivity index (χ0n) is 9.88. The predicted octanol–water partition coefficient (Wildman–Crippen LogP) is 3.12. The van der Waals surface area contributed by atoms with Gasteiger partial charge in [-0.05, 0) is 34.7 Å². The predicted molar refractivity (Wildman–Crippen MR) is 67.2 cm³/mol. The van der Waals surface area contributed by atoms with E-state index in [0.717, 1.165) is 27.8 Å². The van der Waals surface area contributed by atoms with Gasteiger partial charge in [0.2, 0.25) is 0 Å². The highest BCUT2D eigenvalue weighted by Gasteiger charge is 2.36. The zero-order chi connectivity index (χ0) is 12.7. The maximum atomic E-state index is 11.8. The largest absolute Gasteiger partial charge is 0.353 e. The van der Waals surface area contributed by atoms with Gasteiger partial charge in [-0.25, -0.2) is 4.79 Å². The van der Waals surface area contributed by atoms with Gasteiger partial charge in [0, 0.05) is 0 Å². The van der Waals surface area contributed by atoms with E-state index in [1.807, 2.05) is 49.4 Å². The summed E-state index contributed by atoms with van der Waals surface area (Å²) >= 11 is 0. The Morgan fingerprint density at radius 2 is 1.83 bits per heavy atom. The van der Waals surface area contributed by atoms with Gasteiger partial charge in [-0.2, -0.15) is 5.26 Å². The van der Waals surface area contributed by atoms with Crippen LogP contribution in [0.25, 0.3) is 11.1 Å². The van der Waals surface area contributed by atoms with Gasteiger partial charge >= 0.3 is 5.97 Å². The smallest absolute Gasteiger partial charge is 0.300 e. The first kappa shape index (κ1) is 11.0. The fraction of sp³-hybridized carbons (Fsp3) is 0.133. The van der Waals surface area contributed by atoms with Crippen molar-refractivity contribution >= 4 is 5.97 Å². The molecule has 0 amide bonds. The number of benzene rings is 2. The lowest BCUT2D eigenvalue weighted by atomic mass is 9.94. The molecule has 0 aliphatic heterocycles. The summed E-state index contributed by atoms with van der Waals surface area (Å²) in [7, 11) is 0. The average Bonchev–Trinajstić information content (AvgIpc) is 2.74. The number of rotatable bonds is 1. The fourth-order valence-corrected chi connectivity index (χ4v) is 2.75. The number of hydrogen-bond donors (Lipinski definition) is 1. The third-order valence-corrected chi connectivity index (χ3v) is 3.50. The van der Waals surface area contributed by atoms with Crippen LogP contribution in [0.4, 0.5) is 0 Å². The quantitative estimate of drug-likeness (QED) is 0.615. The number of hydrogen-bond acceptors (Lipinski definition) is 3. The monoisotopic (exact) mass is 240 g/mol. The Morgan fingerprint density at radius 1 is 1.11 bits per heavy atom. The third kappa shape index (κ3) is 1.38. The van der Waals surface area contributed by atoms with E-state index in [2.05, 4.69) is 4.89 Å². The van der Waals surface area contributed by atoms with E-state index < -0.39 is 11.9 Å². The number of aryl methyl sites for hydroxylation is 1. The maximum absolute atomic E-state index is 11.8. The lowest BCUT2D eigenvalue weighted by Crippen LogP contribution is -2.14. The number of carbonyl (C=O) groups excluding carboxylic acids is 1. The van der Waals surface area contributed by atoms with Gasteiger partial charge in [0.1, 0.15) is 5.92 Å². The molecule has 1 N–H and O–H groups in total. The topological polar surface area (TPSA) is 46.5 Å². The van der Waals surface area contributed by atoms with Crippen LogP contribution in [-0.4, -0.2) is 11.2 Å². The van der Waals surface area contributed by atoms with E-state index >= 15 is 0 Å². The first-order chi connectivity index (χ1) is 8.74. The molecule has 2 aromatic rings. The van der Waals surface area contributed by atoms with Crippen molar-refractivity contribution in [1.29, 1.82) is 0 Å². The van der Waals surface area contributed by atoms with Gasteiger partial charge in [0.15, 0.2) is 0 Å². The van der Waals surface area contributed by atoms with Crippen molar-refractivity contribution in [2.45, 2.75) is 12.8 Å². The van der Waals surface area contributed by atoms with Crippen molar-refractivity contribution in [1.82, 2.24) is 0 Å². The molecule has 0 radical (unpaired) electrons. The molecule has 0 fully saturated rings. The van der Waals surface area contributed by atoms with Crippen LogP contribution in [0.1, 0.15) is 22.6 Å². The summed E-state index contributed by atoms with van der Waals surface area (Å²) in [5.74, 6) is -1.15. The van der Waals surface area contributed by atoms with Crippen molar-refractivity contribution < 1.29 is 14.9 Å². The molecule has 0 saturated heterocycles. The molecule has 2 aromatic carbocycles. The fourth-order valence-electron chi connectivity index (χ4n) is 2.75. The Balaban J connectivity index is 2.32. The van der Waals surface area contributed by atoms with Gasteiger partial charge in [-0.3, -0.25) is 4.89 Å². The van der Waals surface area contributed by atoms with E-state index in [1.54, 1.807) is 0 Å². The molecular weight excluding hydrogens is 228 g/mol. The second kappa shape index (κ2) is 3.96. The molecule has 0 spiro atoms. The molecule has 1 unspecified atom stereocenters. The Labute approximate surface area is 105 Å². The highest BCUT2D eigenvalue weighted by molar-refractivity contribution is 5.94. The molecule has 0 saturated carbocycles. The summed E-state index contributed by atoms with van der Waals surface area (Å²) in [4.78, 5) is 15.8. The number of carbonyl (C=O) groups is 1. The average molecular weight is 240 g/mol. The Kier molecular flexibility index (Phi) is 2.42. The summed E-state index contributed by atoms with van der Waals surface area (Å²) in [5.41, 5.74) is 4.92. The molecule has 3 nitrogen and oxygen atoms in total. The Morgan fingerprint density at radius 3 is 2.61 bits per heavy atom. The minimum atomic E-state index is -0.629. The van der Waals surface area contributed by atoms with Gasteiger partial charge in [0.05, 0.1) is 0 Å². The third-order valence-electron chi connectivity index (χ3n) is 3.50. The van der Waals surface area contributed by atoms with Crippen LogP contribution in [0.2, 0.25) is 0 Å². The standard InChI is InChI=1S/C15H12O3/c1-9-5-4-8-11-10-6-2-3-7-12(10)14(13(9)11)15(16)18-17/h2-8,14,17H,1H3. The van der Waals surface area contributed by atoms with Crippen molar-refractivity contribution in [3.8, 4) is 11.1 Å². The molecule has 1 aliphatic carbocycles. The SMILES string of the molecule is Cc1cccc2c1C(C(=O)OO)c1ccccc1-2. The molecule has 3 rings (SSSR count). The van der Waals surface area contributed by atoms with Crippen LogP contribution in [0.5, 0.6) is 0 Å². The van der Waals surface area contributed by atoms with Crippen LogP contribution >= 0.6 is 0 Å². The molecule has 1 atom stereocenters. The molecule has 90 valence electrons. The zero-order valence-corrected chi connectivity index (χ0v) is 9.88. The lowest BCUT2D eigenvalue weighted by Gasteiger charge is -2.11. The van der Waals surface area contributed by atoms with E-state index in [9.17, 15) is 4.79 Å². The van der Waals surface area contributed by atoms with Crippen LogP contribution in [0.15, 0.2) is 42.5 Å². The van der Waals surface area contributed by atoms with Crippen LogP contribution in [0.3, 0.4) is 0 Å². The molecule has 1 aliphatic rings. The van der Waals surface area contributed by atoms with Crippen LogP contribution in [0, 0.1) is 6.92 Å². The maximum Gasteiger partial charge on any atom is 0.353 e. The van der Waals surface area contributed by atoms with Crippen molar-refractivity contribution in [3.05, 3.63) is 59.2 Å². The van der Waals surface area contributed by atoms with Gasteiger partial charge < -0.3 is 0 Å². The minimum absolute atomic E-state index is 0.526. The molecule has 18 heavy (non-hydrogen) atoms. The van der Waals surface area contributed by atoms with E-state index in [4.69, 9.17) is 5.26 Å². The van der Waals surface area contributed by atoms with Gasteiger partial charge in [-0.1, -0.05) is 42.5 Å². The summed E-state index contributed by atoms with van der Waals surface area (Å²) in [6.45, 7) is 1.96. The van der Waals surface area contributed by atoms with Gasteiger partial charge in [0.25, 0.3) is 0 Å². The summed E-state index contributed by atoms with van der Waals surface area (Å²) in [6.07, 6.45) is 0. The Bertz CT molecular complexity index is 631. The van der Waals surface area contributed by atoms with Crippen LogP contribution in [-0.2, 0) is 9.68 Å². The van der Waals surface area contributed by atoms with Crippen LogP contribution < -0.4 is 0 Å².